The molecule has 12 heavy (non-hydrogen) atoms. The summed E-state index contributed by atoms with van der Waals surface area (Å²) in [5, 5.41) is 10.1. The number of rotatable bonds is 3. The number of carbonyl (C=O) groups excluding carboxylic acids is 1. The van der Waals surface area contributed by atoms with Crippen molar-refractivity contribution in [3.05, 3.63) is 10.1 Å². The Morgan fingerprint density at radius 2 is 2.00 bits per heavy atom. The largest absolute Gasteiger partial charge is 0.301 e. The molecular formula is C7H12N2O3. The molecule has 0 aliphatic rings. The van der Waals surface area contributed by atoms with Crippen LogP contribution in [0.1, 0.15) is 20.8 Å². The molecule has 0 aromatic rings. The maximum Gasteiger partial charge on any atom is 0.301 e. The van der Waals surface area contributed by atoms with E-state index in [4.69, 9.17) is 0 Å². The molecule has 0 unspecified atom stereocenters. The van der Waals surface area contributed by atoms with Crippen molar-refractivity contribution in [2.45, 2.75) is 32.4 Å². The summed E-state index contributed by atoms with van der Waals surface area (Å²) >= 11 is 0. The lowest BCUT2D eigenvalue weighted by molar-refractivity contribution is -0.485. The topological polar surface area (TPSA) is 72.6 Å². The van der Waals surface area contributed by atoms with E-state index < -0.39 is 11.0 Å². The Morgan fingerprint density at radius 1 is 1.50 bits per heavy atom. The first-order valence-electron chi connectivity index (χ1n) is 3.51. The molecule has 1 atom stereocenters. The molecule has 5 heteroatoms. The summed E-state index contributed by atoms with van der Waals surface area (Å²) in [4.78, 5) is 23.4. The van der Waals surface area contributed by atoms with Crippen molar-refractivity contribution in [3.8, 4) is 0 Å². The van der Waals surface area contributed by atoms with E-state index in [1.54, 1.807) is 20.8 Å². The summed E-state index contributed by atoms with van der Waals surface area (Å²) in [6, 6.07) is -1.32. The average molecular weight is 172 g/mol. The van der Waals surface area contributed by atoms with Gasteiger partial charge in [-0.2, -0.15) is 0 Å². The molecule has 0 radical (unpaired) electrons. The van der Waals surface area contributed by atoms with Crippen molar-refractivity contribution in [2.24, 2.45) is 4.99 Å². The molecule has 0 N–H and O–H groups in total. The zero-order valence-corrected chi connectivity index (χ0v) is 7.35. The summed E-state index contributed by atoms with van der Waals surface area (Å²) in [7, 11) is 0. The van der Waals surface area contributed by atoms with Crippen LogP contribution in [0.3, 0.4) is 0 Å². The molecular weight excluding hydrogens is 160 g/mol. The van der Waals surface area contributed by atoms with Crippen LogP contribution in [0.5, 0.6) is 0 Å². The van der Waals surface area contributed by atoms with Gasteiger partial charge in [0.15, 0.2) is 6.29 Å². The maximum absolute atomic E-state index is 10.1. The smallest absolute Gasteiger partial charge is 0.295 e. The van der Waals surface area contributed by atoms with Crippen molar-refractivity contribution in [1.29, 1.82) is 0 Å². The van der Waals surface area contributed by atoms with Crippen molar-refractivity contribution in [1.82, 2.24) is 0 Å². The van der Waals surface area contributed by atoms with Gasteiger partial charge >= 0.3 is 6.04 Å². The van der Waals surface area contributed by atoms with Gasteiger partial charge in [0.25, 0.3) is 0 Å². The summed E-state index contributed by atoms with van der Waals surface area (Å²) in [6.45, 7) is 5.39. The molecule has 0 saturated carbocycles. The quantitative estimate of drug-likeness (QED) is 0.272. The molecule has 0 aromatic carbocycles. The van der Waals surface area contributed by atoms with Crippen LogP contribution in [0.15, 0.2) is 4.99 Å². The minimum Gasteiger partial charge on any atom is -0.295 e. The van der Waals surface area contributed by atoms with E-state index in [2.05, 4.69) is 4.99 Å². The maximum atomic E-state index is 10.1. The van der Waals surface area contributed by atoms with Gasteiger partial charge in [0.05, 0.1) is 11.8 Å². The van der Waals surface area contributed by atoms with Gasteiger partial charge in [-0.1, -0.05) is 0 Å². The molecule has 0 amide bonds. The molecule has 0 spiro atoms. The van der Waals surface area contributed by atoms with Crippen molar-refractivity contribution < 1.29 is 9.72 Å². The van der Waals surface area contributed by atoms with Crippen molar-refractivity contribution in [3.63, 3.8) is 0 Å². The molecule has 0 rings (SSSR count). The lowest BCUT2D eigenvalue weighted by Gasteiger charge is -2.10. The van der Waals surface area contributed by atoms with Gasteiger partial charge in [0.1, 0.15) is 0 Å². The Balaban J connectivity index is 4.30. The Morgan fingerprint density at radius 3 is 2.25 bits per heavy atom. The third-order valence-corrected chi connectivity index (χ3v) is 0.997. The van der Waals surface area contributed by atoms with Crippen molar-refractivity contribution >= 4 is 12.5 Å². The number of aldehydes is 1. The van der Waals surface area contributed by atoms with Gasteiger partial charge in [-0.05, 0) is 20.8 Å². The molecule has 0 aromatic heterocycles. The van der Waals surface area contributed by atoms with Gasteiger partial charge < -0.3 is 0 Å². The molecule has 68 valence electrons. The predicted octanol–water partition coefficient (Wildman–Crippen LogP) is 0.700. The fraction of sp³-hybridized carbons (Fsp3) is 0.714. The second kappa shape index (κ2) is 3.94. The highest BCUT2D eigenvalue weighted by atomic mass is 16.6. The van der Waals surface area contributed by atoms with Crippen LogP contribution < -0.4 is 0 Å². The van der Waals surface area contributed by atoms with E-state index in [0.717, 1.165) is 6.21 Å². The lowest BCUT2D eigenvalue weighted by atomic mass is 10.1. The second-order valence-corrected chi connectivity index (χ2v) is 3.36. The second-order valence-electron chi connectivity index (χ2n) is 3.36. The van der Waals surface area contributed by atoms with E-state index in [-0.39, 0.29) is 11.8 Å². The summed E-state index contributed by atoms with van der Waals surface area (Å²) in [5.74, 6) is 0. The molecule has 0 saturated heterocycles. The normalized spacial score (nSPS) is 14.6. The number of hydrogen-bond donors (Lipinski definition) is 0. The van der Waals surface area contributed by atoms with Crippen LogP contribution in [0.4, 0.5) is 0 Å². The number of hydrogen-bond acceptors (Lipinski definition) is 4. The van der Waals surface area contributed by atoms with Crippen LogP contribution in [-0.4, -0.2) is 29.0 Å². The number of aliphatic imine (C=N–C) groups is 1. The van der Waals surface area contributed by atoms with E-state index in [1.165, 1.54) is 0 Å². The molecule has 0 bridgehead atoms. The fourth-order valence-electron chi connectivity index (χ4n) is 0.439. The Kier molecular flexibility index (Phi) is 3.53. The predicted molar refractivity (Wildman–Crippen MR) is 45.1 cm³/mol. The minimum atomic E-state index is -1.32. The van der Waals surface area contributed by atoms with Gasteiger partial charge in [0, 0.05) is 4.92 Å². The number of carbonyl (C=O) groups is 1. The van der Waals surface area contributed by atoms with Gasteiger partial charge in [0.2, 0.25) is 0 Å². The van der Waals surface area contributed by atoms with E-state index in [9.17, 15) is 14.9 Å². The van der Waals surface area contributed by atoms with E-state index in [1.807, 2.05) is 0 Å². The number of nitrogens with zero attached hydrogens (tertiary/aromatic N) is 2. The van der Waals surface area contributed by atoms with Crippen LogP contribution in [0.2, 0.25) is 0 Å². The van der Waals surface area contributed by atoms with Gasteiger partial charge in [-0.15, -0.1) is 0 Å². The van der Waals surface area contributed by atoms with Gasteiger partial charge in [-0.25, -0.2) is 0 Å². The molecule has 0 aliphatic heterocycles. The van der Waals surface area contributed by atoms with E-state index in [0.29, 0.717) is 0 Å². The fourth-order valence-corrected chi connectivity index (χ4v) is 0.439. The summed E-state index contributed by atoms with van der Waals surface area (Å²) < 4.78 is 0. The molecule has 0 heterocycles. The number of nitro groups is 1. The first-order valence-corrected chi connectivity index (χ1v) is 3.51. The van der Waals surface area contributed by atoms with Crippen LogP contribution >= 0.6 is 0 Å². The molecule has 5 nitrogen and oxygen atoms in total. The van der Waals surface area contributed by atoms with Crippen molar-refractivity contribution in [2.75, 3.05) is 0 Å². The highest BCUT2D eigenvalue weighted by molar-refractivity contribution is 5.83. The summed E-state index contributed by atoms with van der Waals surface area (Å²) in [5.41, 5.74) is -0.378. The molecule has 0 fully saturated rings. The Hall–Kier alpha value is -1.26. The molecule has 0 aliphatic carbocycles. The highest BCUT2D eigenvalue weighted by Crippen LogP contribution is 2.04. The third-order valence-electron chi connectivity index (χ3n) is 0.997. The Bertz CT molecular complexity index is 205. The minimum absolute atomic E-state index is 0.259. The monoisotopic (exact) mass is 172 g/mol. The highest BCUT2D eigenvalue weighted by Gasteiger charge is 2.16. The van der Waals surface area contributed by atoms with Crippen LogP contribution in [0, 0.1) is 10.1 Å². The SMILES string of the molecule is CC(C)(C)N=C[C@H](C=O)[N+](=O)[O-]. The zero-order chi connectivity index (χ0) is 9.78. The van der Waals surface area contributed by atoms with Gasteiger partial charge in [-0.3, -0.25) is 19.9 Å². The average Bonchev–Trinajstić information content (AvgIpc) is 1.85. The first kappa shape index (κ1) is 10.7. The van der Waals surface area contributed by atoms with Crippen LogP contribution in [-0.2, 0) is 4.79 Å². The summed E-state index contributed by atoms with van der Waals surface area (Å²) in [6.07, 6.45) is 1.32. The first-order chi connectivity index (χ1) is 5.37. The Labute approximate surface area is 70.6 Å². The van der Waals surface area contributed by atoms with E-state index >= 15 is 0 Å². The standard InChI is InChI=1S/C7H12N2O3/c1-7(2,3)8-4-6(5-10)9(11)12/h4-6H,1-3H3/t6-/m1/s1. The lowest BCUT2D eigenvalue weighted by Crippen LogP contribution is -2.24. The zero-order valence-electron chi connectivity index (χ0n) is 7.35. The van der Waals surface area contributed by atoms with Crippen LogP contribution in [0.25, 0.3) is 0 Å². The third kappa shape index (κ3) is 4.54.